The predicted molar refractivity (Wildman–Crippen MR) is 86.5 cm³/mol. The highest BCUT2D eigenvalue weighted by atomic mass is 28.4. The molecule has 0 bridgehead atoms. The lowest BCUT2D eigenvalue weighted by Gasteiger charge is -2.36. The first-order valence-corrected chi connectivity index (χ1v) is 9.97. The van der Waals surface area contributed by atoms with E-state index in [1.807, 2.05) is 0 Å². The quantitative estimate of drug-likeness (QED) is 0.340. The van der Waals surface area contributed by atoms with Gasteiger partial charge in [-0.3, -0.25) is 10.1 Å². The van der Waals surface area contributed by atoms with Gasteiger partial charge in [0, 0.05) is 12.1 Å². The first kappa shape index (κ1) is 17.6. The maximum atomic E-state index is 10.7. The Morgan fingerprint density at radius 1 is 1.24 bits per heavy atom. The van der Waals surface area contributed by atoms with Gasteiger partial charge in [0.1, 0.15) is 12.4 Å². The topological polar surface area (TPSA) is 61.6 Å². The molecule has 0 aliphatic heterocycles. The van der Waals surface area contributed by atoms with Crippen LogP contribution in [0.25, 0.3) is 0 Å². The summed E-state index contributed by atoms with van der Waals surface area (Å²) in [5.74, 6) is 0.666. The van der Waals surface area contributed by atoms with Crippen LogP contribution in [0.15, 0.2) is 18.2 Å². The molecule has 0 aliphatic carbocycles. The molecule has 0 fully saturated rings. The Morgan fingerprint density at radius 3 is 2.33 bits per heavy atom. The van der Waals surface area contributed by atoms with Gasteiger partial charge in [0.25, 0.3) is 5.69 Å². The van der Waals surface area contributed by atoms with Gasteiger partial charge in [-0.05, 0) is 36.7 Å². The number of benzene rings is 1. The molecule has 0 N–H and O–H groups in total. The number of hydrogen-bond acceptors (Lipinski definition) is 4. The largest absolute Gasteiger partial charge is 0.491 e. The van der Waals surface area contributed by atoms with Gasteiger partial charge >= 0.3 is 0 Å². The van der Waals surface area contributed by atoms with E-state index in [2.05, 4.69) is 33.9 Å². The number of non-ortho nitro benzene ring substituents is 1. The summed E-state index contributed by atoms with van der Waals surface area (Å²) < 4.78 is 11.7. The Labute approximate surface area is 127 Å². The molecule has 118 valence electrons. The zero-order chi connectivity index (χ0) is 16.3. The van der Waals surface area contributed by atoms with E-state index in [-0.39, 0.29) is 10.7 Å². The molecule has 0 unspecified atom stereocenters. The third-order valence-electron chi connectivity index (χ3n) is 3.98. The monoisotopic (exact) mass is 311 g/mol. The van der Waals surface area contributed by atoms with Gasteiger partial charge in [-0.15, -0.1) is 0 Å². The minimum absolute atomic E-state index is 0.0809. The van der Waals surface area contributed by atoms with Crippen LogP contribution in [0.4, 0.5) is 5.69 Å². The second-order valence-corrected chi connectivity index (χ2v) is 11.5. The Bertz CT molecular complexity index is 509. The van der Waals surface area contributed by atoms with Gasteiger partial charge < -0.3 is 9.16 Å². The Kier molecular flexibility index (Phi) is 5.52. The van der Waals surface area contributed by atoms with Crippen LogP contribution < -0.4 is 4.74 Å². The smallest absolute Gasteiger partial charge is 0.269 e. The number of hydrogen-bond donors (Lipinski definition) is 0. The van der Waals surface area contributed by atoms with Crippen LogP contribution in [-0.2, 0) is 4.43 Å². The Balaban J connectivity index is 2.52. The molecule has 0 spiro atoms. The van der Waals surface area contributed by atoms with Crippen LogP contribution in [0.3, 0.4) is 0 Å². The number of nitro groups is 1. The third kappa shape index (κ3) is 4.82. The van der Waals surface area contributed by atoms with E-state index in [1.165, 1.54) is 12.1 Å². The van der Waals surface area contributed by atoms with Gasteiger partial charge in [0.15, 0.2) is 8.32 Å². The normalized spacial score (nSPS) is 12.3. The molecule has 0 saturated heterocycles. The van der Waals surface area contributed by atoms with E-state index in [9.17, 15) is 10.1 Å². The number of nitro benzene ring substituents is 1. The molecule has 21 heavy (non-hydrogen) atoms. The summed E-state index contributed by atoms with van der Waals surface area (Å²) in [4.78, 5) is 10.3. The van der Waals surface area contributed by atoms with Crippen molar-refractivity contribution in [2.75, 3.05) is 13.2 Å². The van der Waals surface area contributed by atoms with Crippen LogP contribution in [0.2, 0.25) is 18.1 Å². The zero-order valence-corrected chi connectivity index (χ0v) is 14.7. The van der Waals surface area contributed by atoms with Crippen LogP contribution in [0.5, 0.6) is 5.75 Å². The Hall–Kier alpha value is -1.40. The van der Waals surface area contributed by atoms with Gasteiger partial charge in [-0.1, -0.05) is 20.8 Å². The first-order valence-electron chi connectivity index (χ1n) is 7.06. The number of rotatable bonds is 6. The zero-order valence-electron chi connectivity index (χ0n) is 13.7. The number of nitrogens with zero attached hydrogens (tertiary/aromatic N) is 1. The van der Waals surface area contributed by atoms with Crippen molar-refractivity contribution in [3.8, 4) is 5.75 Å². The lowest BCUT2D eigenvalue weighted by atomic mass is 10.2. The lowest BCUT2D eigenvalue weighted by Crippen LogP contribution is -2.41. The van der Waals surface area contributed by atoms with E-state index in [4.69, 9.17) is 9.16 Å². The van der Waals surface area contributed by atoms with E-state index in [0.717, 1.165) is 5.56 Å². The summed E-state index contributed by atoms with van der Waals surface area (Å²) in [7, 11) is -1.75. The van der Waals surface area contributed by atoms with Gasteiger partial charge in [-0.25, -0.2) is 0 Å². The van der Waals surface area contributed by atoms with Gasteiger partial charge in [0.05, 0.1) is 11.5 Å². The van der Waals surface area contributed by atoms with Crippen molar-refractivity contribution in [1.82, 2.24) is 0 Å². The van der Waals surface area contributed by atoms with Gasteiger partial charge in [0.2, 0.25) is 0 Å². The first-order chi connectivity index (χ1) is 9.54. The third-order valence-corrected chi connectivity index (χ3v) is 8.52. The number of ether oxygens (including phenoxy) is 1. The minimum Gasteiger partial charge on any atom is -0.491 e. The fourth-order valence-electron chi connectivity index (χ4n) is 1.57. The molecule has 0 amide bonds. The SMILES string of the molecule is Cc1cc([N+](=O)[O-])ccc1OCCO[Si](C)(C)C(C)(C)C. The molecule has 0 radical (unpaired) electrons. The van der Waals surface area contributed by atoms with E-state index >= 15 is 0 Å². The average molecular weight is 311 g/mol. The van der Waals surface area contributed by atoms with Crippen molar-refractivity contribution in [3.05, 3.63) is 33.9 Å². The molecule has 0 aliphatic rings. The molecular formula is C15H25NO4Si. The molecule has 0 aromatic heterocycles. The summed E-state index contributed by atoms with van der Waals surface area (Å²) in [5, 5.41) is 10.9. The molecule has 1 aromatic carbocycles. The van der Waals surface area contributed by atoms with Crippen molar-refractivity contribution < 1.29 is 14.1 Å². The highest BCUT2D eigenvalue weighted by Crippen LogP contribution is 2.36. The molecule has 0 heterocycles. The lowest BCUT2D eigenvalue weighted by molar-refractivity contribution is -0.384. The van der Waals surface area contributed by atoms with Crippen molar-refractivity contribution in [1.29, 1.82) is 0 Å². The fourth-order valence-corrected chi connectivity index (χ4v) is 2.60. The molecule has 1 rings (SSSR count). The van der Waals surface area contributed by atoms with E-state index in [0.29, 0.717) is 19.0 Å². The van der Waals surface area contributed by atoms with Gasteiger partial charge in [-0.2, -0.15) is 0 Å². The van der Waals surface area contributed by atoms with Crippen LogP contribution in [0, 0.1) is 17.0 Å². The minimum atomic E-state index is -1.75. The van der Waals surface area contributed by atoms with Crippen molar-refractivity contribution in [2.45, 2.75) is 45.8 Å². The average Bonchev–Trinajstić information content (AvgIpc) is 2.34. The molecule has 0 saturated carbocycles. The Morgan fingerprint density at radius 2 is 1.86 bits per heavy atom. The fraction of sp³-hybridized carbons (Fsp3) is 0.600. The second-order valence-electron chi connectivity index (χ2n) is 6.66. The molecule has 5 nitrogen and oxygen atoms in total. The predicted octanol–water partition coefficient (Wildman–Crippen LogP) is 4.30. The van der Waals surface area contributed by atoms with Crippen LogP contribution in [0.1, 0.15) is 26.3 Å². The molecular weight excluding hydrogens is 286 g/mol. The van der Waals surface area contributed by atoms with E-state index < -0.39 is 13.2 Å². The number of aryl methyl sites for hydroxylation is 1. The maximum absolute atomic E-state index is 10.7. The van der Waals surface area contributed by atoms with Crippen molar-refractivity contribution >= 4 is 14.0 Å². The van der Waals surface area contributed by atoms with E-state index in [1.54, 1.807) is 13.0 Å². The molecule has 1 aromatic rings. The highest BCUT2D eigenvalue weighted by Gasteiger charge is 2.36. The summed E-state index contributed by atoms with van der Waals surface area (Å²) in [6.07, 6.45) is 0. The van der Waals surface area contributed by atoms with Crippen molar-refractivity contribution in [3.63, 3.8) is 0 Å². The highest BCUT2D eigenvalue weighted by molar-refractivity contribution is 6.74. The summed E-state index contributed by atoms with van der Waals surface area (Å²) in [5.41, 5.74) is 0.842. The van der Waals surface area contributed by atoms with Crippen LogP contribution >= 0.6 is 0 Å². The standard InChI is InChI=1S/C15H25NO4Si/c1-12-11-13(16(17)18)7-8-14(12)19-9-10-20-21(5,6)15(2,3)4/h7-8,11H,9-10H2,1-6H3. The molecule has 6 heteroatoms. The summed E-state index contributed by atoms with van der Waals surface area (Å²) >= 11 is 0. The second kappa shape index (κ2) is 6.57. The summed E-state index contributed by atoms with van der Waals surface area (Å²) in [6.45, 7) is 13.8. The summed E-state index contributed by atoms with van der Waals surface area (Å²) in [6, 6.07) is 4.61. The van der Waals surface area contributed by atoms with Crippen LogP contribution in [-0.4, -0.2) is 26.5 Å². The molecule has 0 atom stereocenters. The maximum Gasteiger partial charge on any atom is 0.269 e. The van der Waals surface area contributed by atoms with Crippen molar-refractivity contribution in [2.24, 2.45) is 0 Å².